The Labute approximate surface area is 114 Å². The minimum Gasteiger partial charge on any atom is -0.338 e. The van der Waals surface area contributed by atoms with Gasteiger partial charge in [0.25, 0.3) is 0 Å². The number of allylic oxidation sites excluding steroid dienone is 1. The maximum absolute atomic E-state index is 11.6. The first kappa shape index (κ1) is 13.6. The number of hydrogen-bond acceptors (Lipinski definition) is 2. The minimum absolute atomic E-state index is 0.111. The van der Waals surface area contributed by atoms with Crippen molar-refractivity contribution in [2.24, 2.45) is 0 Å². The summed E-state index contributed by atoms with van der Waals surface area (Å²) in [5.41, 5.74) is 2.49. The number of carbonyl (C=O) groups excluding carboxylic acids is 1. The lowest BCUT2D eigenvalue weighted by Gasteiger charge is -2.13. The SMILES string of the molecule is O=C(NCCC1=CCCCC1)NCc1cccnc1. The predicted molar refractivity (Wildman–Crippen MR) is 75.6 cm³/mol. The minimum atomic E-state index is -0.111. The van der Waals surface area contributed by atoms with E-state index in [1.165, 1.54) is 31.3 Å². The summed E-state index contributed by atoms with van der Waals surface area (Å²) in [6.07, 6.45) is 11.8. The van der Waals surface area contributed by atoms with Gasteiger partial charge < -0.3 is 10.6 Å². The summed E-state index contributed by atoms with van der Waals surface area (Å²) in [6.45, 7) is 1.23. The molecular weight excluding hydrogens is 238 g/mol. The molecule has 2 amide bonds. The Balaban J connectivity index is 1.61. The topological polar surface area (TPSA) is 54.0 Å². The van der Waals surface area contributed by atoms with Gasteiger partial charge in [-0.15, -0.1) is 0 Å². The van der Waals surface area contributed by atoms with Crippen LogP contribution in [0.1, 0.15) is 37.7 Å². The lowest BCUT2D eigenvalue weighted by Crippen LogP contribution is -2.35. The van der Waals surface area contributed by atoms with Crippen LogP contribution in [0, 0.1) is 0 Å². The van der Waals surface area contributed by atoms with Crippen LogP contribution in [-0.4, -0.2) is 17.6 Å². The highest BCUT2D eigenvalue weighted by Gasteiger charge is 2.04. The van der Waals surface area contributed by atoms with Crippen LogP contribution in [-0.2, 0) is 6.54 Å². The van der Waals surface area contributed by atoms with Crippen LogP contribution >= 0.6 is 0 Å². The number of hydrogen-bond donors (Lipinski definition) is 2. The molecule has 2 rings (SSSR count). The summed E-state index contributed by atoms with van der Waals surface area (Å²) in [6, 6.07) is 3.70. The van der Waals surface area contributed by atoms with Crippen molar-refractivity contribution in [3.63, 3.8) is 0 Å². The number of nitrogens with zero attached hydrogens (tertiary/aromatic N) is 1. The molecule has 4 nitrogen and oxygen atoms in total. The van der Waals surface area contributed by atoms with Crippen molar-refractivity contribution in [3.05, 3.63) is 41.7 Å². The third-order valence-corrected chi connectivity index (χ3v) is 3.29. The van der Waals surface area contributed by atoms with E-state index in [4.69, 9.17) is 0 Å². The zero-order chi connectivity index (χ0) is 13.3. The lowest BCUT2D eigenvalue weighted by molar-refractivity contribution is 0.240. The highest BCUT2D eigenvalue weighted by atomic mass is 16.2. The molecule has 1 heterocycles. The molecule has 0 aliphatic heterocycles. The zero-order valence-corrected chi connectivity index (χ0v) is 11.2. The van der Waals surface area contributed by atoms with E-state index in [0.717, 1.165) is 12.0 Å². The van der Waals surface area contributed by atoms with E-state index in [1.54, 1.807) is 12.4 Å². The number of carbonyl (C=O) groups is 1. The Morgan fingerprint density at radius 2 is 2.26 bits per heavy atom. The summed E-state index contributed by atoms with van der Waals surface area (Å²) < 4.78 is 0. The Morgan fingerprint density at radius 1 is 1.32 bits per heavy atom. The average molecular weight is 259 g/mol. The smallest absolute Gasteiger partial charge is 0.315 e. The third-order valence-electron chi connectivity index (χ3n) is 3.29. The molecular formula is C15H21N3O. The molecule has 1 aliphatic rings. The molecule has 0 fully saturated rings. The van der Waals surface area contributed by atoms with Crippen molar-refractivity contribution in [3.8, 4) is 0 Å². The monoisotopic (exact) mass is 259 g/mol. The van der Waals surface area contributed by atoms with Gasteiger partial charge in [0.2, 0.25) is 0 Å². The molecule has 2 N–H and O–H groups in total. The second-order valence-corrected chi connectivity index (χ2v) is 4.83. The molecule has 19 heavy (non-hydrogen) atoms. The molecule has 0 saturated heterocycles. The Bertz CT molecular complexity index is 428. The first-order chi connectivity index (χ1) is 9.34. The molecule has 0 aromatic carbocycles. The van der Waals surface area contributed by atoms with E-state index in [-0.39, 0.29) is 6.03 Å². The van der Waals surface area contributed by atoms with Gasteiger partial charge in [-0.1, -0.05) is 17.7 Å². The van der Waals surface area contributed by atoms with Crippen LogP contribution in [0.2, 0.25) is 0 Å². The van der Waals surface area contributed by atoms with Crippen molar-refractivity contribution in [2.75, 3.05) is 6.54 Å². The first-order valence-corrected chi connectivity index (χ1v) is 6.93. The van der Waals surface area contributed by atoms with E-state index in [0.29, 0.717) is 13.1 Å². The van der Waals surface area contributed by atoms with Crippen LogP contribution < -0.4 is 10.6 Å². The fourth-order valence-corrected chi connectivity index (χ4v) is 2.22. The molecule has 1 aromatic heterocycles. The van der Waals surface area contributed by atoms with E-state index in [1.807, 2.05) is 12.1 Å². The van der Waals surface area contributed by atoms with Gasteiger partial charge in [-0.25, -0.2) is 4.79 Å². The second-order valence-electron chi connectivity index (χ2n) is 4.83. The number of pyridine rings is 1. The molecule has 0 unspecified atom stereocenters. The fourth-order valence-electron chi connectivity index (χ4n) is 2.22. The van der Waals surface area contributed by atoms with Gasteiger partial charge in [0.1, 0.15) is 0 Å². The van der Waals surface area contributed by atoms with Crippen LogP contribution in [0.25, 0.3) is 0 Å². The molecule has 1 aliphatic carbocycles. The lowest BCUT2D eigenvalue weighted by atomic mass is 9.97. The van der Waals surface area contributed by atoms with Gasteiger partial charge >= 0.3 is 6.03 Å². The van der Waals surface area contributed by atoms with E-state index < -0.39 is 0 Å². The summed E-state index contributed by atoms with van der Waals surface area (Å²) in [4.78, 5) is 15.6. The van der Waals surface area contributed by atoms with Gasteiger partial charge in [-0.05, 0) is 43.7 Å². The Hall–Kier alpha value is -1.84. The fraction of sp³-hybridized carbons (Fsp3) is 0.467. The molecule has 102 valence electrons. The Kier molecular flexibility index (Phi) is 5.41. The largest absolute Gasteiger partial charge is 0.338 e. The molecule has 0 saturated carbocycles. The third kappa shape index (κ3) is 5.12. The summed E-state index contributed by atoms with van der Waals surface area (Å²) >= 11 is 0. The van der Waals surface area contributed by atoms with Crippen molar-refractivity contribution < 1.29 is 4.79 Å². The van der Waals surface area contributed by atoms with Gasteiger partial charge in [0.15, 0.2) is 0 Å². The molecule has 0 bridgehead atoms. The van der Waals surface area contributed by atoms with Crippen LogP contribution in [0.15, 0.2) is 36.2 Å². The van der Waals surface area contributed by atoms with E-state index >= 15 is 0 Å². The van der Waals surface area contributed by atoms with Crippen LogP contribution in [0.5, 0.6) is 0 Å². The maximum atomic E-state index is 11.6. The van der Waals surface area contributed by atoms with Gasteiger partial charge in [-0.2, -0.15) is 0 Å². The highest BCUT2D eigenvalue weighted by Crippen LogP contribution is 2.19. The Morgan fingerprint density at radius 3 is 3.00 bits per heavy atom. The van der Waals surface area contributed by atoms with Gasteiger partial charge in [-0.3, -0.25) is 4.98 Å². The number of nitrogens with one attached hydrogen (secondary N) is 2. The zero-order valence-electron chi connectivity index (χ0n) is 11.2. The first-order valence-electron chi connectivity index (χ1n) is 6.93. The maximum Gasteiger partial charge on any atom is 0.315 e. The standard InChI is InChI=1S/C15H21N3O/c19-15(18-12-14-7-4-9-16-11-14)17-10-8-13-5-2-1-3-6-13/h4-5,7,9,11H,1-3,6,8,10,12H2,(H2,17,18,19). The summed E-state index contributed by atoms with van der Waals surface area (Å²) in [5, 5.41) is 5.72. The summed E-state index contributed by atoms with van der Waals surface area (Å²) in [7, 11) is 0. The van der Waals surface area contributed by atoms with Crippen molar-refractivity contribution >= 4 is 6.03 Å². The normalized spacial score (nSPS) is 14.6. The quantitative estimate of drug-likeness (QED) is 0.799. The molecule has 4 heteroatoms. The van der Waals surface area contributed by atoms with Gasteiger partial charge in [0, 0.05) is 25.5 Å². The second kappa shape index (κ2) is 7.56. The molecule has 1 aromatic rings. The van der Waals surface area contributed by atoms with Crippen LogP contribution in [0.3, 0.4) is 0 Å². The van der Waals surface area contributed by atoms with Crippen molar-refractivity contribution in [1.29, 1.82) is 0 Å². The highest BCUT2D eigenvalue weighted by molar-refractivity contribution is 5.73. The van der Waals surface area contributed by atoms with Crippen molar-refractivity contribution in [2.45, 2.75) is 38.6 Å². The molecule has 0 radical (unpaired) electrons. The summed E-state index contributed by atoms with van der Waals surface area (Å²) in [5.74, 6) is 0. The number of amides is 2. The van der Waals surface area contributed by atoms with Crippen molar-refractivity contribution in [1.82, 2.24) is 15.6 Å². The number of urea groups is 1. The predicted octanol–water partition coefficient (Wildman–Crippen LogP) is 2.77. The molecule has 0 atom stereocenters. The molecule has 0 spiro atoms. The average Bonchev–Trinajstić information content (AvgIpc) is 2.47. The number of aromatic nitrogens is 1. The van der Waals surface area contributed by atoms with E-state index in [9.17, 15) is 4.79 Å². The number of rotatable bonds is 5. The van der Waals surface area contributed by atoms with Crippen LogP contribution in [0.4, 0.5) is 4.79 Å². The van der Waals surface area contributed by atoms with E-state index in [2.05, 4.69) is 21.7 Å². The van der Waals surface area contributed by atoms with Gasteiger partial charge in [0.05, 0.1) is 0 Å².